The molecule has 0 bridgehead atoms. The Morgan fingerprint density at radius 3 is 2.62 bits per heavy atom. The van der Waals surface area contributed by atoms with Gasteiger partial charge in [0, 0.05) is 9.92 Å². The van der Waals surface area contributed by atoms with Gasteiger partial charge in [-0.25, -0.2) is 5.43 Å². The van der Waals surface area contributed by atoms with Gasteiger partial charge in [-0.3, -0.25) is 4.79 Å². The molecule has 1 N–H and O–H groups in total. The molecular formula is C27H23ClN2O3S. The first-order valence-corrected chi connectivity index (χ1v) is 12.0. The summed E-state index contributed by atoms with van der Waals surface area (Å²) in [4.78, 5) is 13.3. The molecule has 34 heavy (non-hydrogen) atoms. The molecule has 0 aromatic heterocycles. The zero-order valence-electron chi connectivity index (χ0n) is 18.5. The number of rotatable bonds is 9. The van der Waals surface area contributed by atoms with E-state index in [1.807, 2.05) is 60.7 Å². The van der Waals surface area contributed by atoms with E-state index >= 15 is 0 Å². The predicted octanol–water partition coefficient (Wildman–Crippen LogP) is 6.32. The van der Waals surface area contributed by atoms with E-state index in [4.69, 9.17) is 21.1 Å². The number of methoxy groups -OCH3 is 1. The average Bonchev–Trinajstić information content (AvgIpc) is 2.87. The molecule has 0 radical (unpaired) electrons. The molecule has 4 rings (SSSR count). The summed E-state index contributed by atoms with van der Waals surface area (Å²) in [5.41, 5.74) is 4.36. The summed E-state index contributed by atoms with van der Waals surface area (Å²) in [5.74, 6) is 1.29. The third-order valence-electron chi connectivity index (χ3n) is 5.01. The lowest BCUT2D eigenvalue weighted by atomic mass is 10.1. The summed E-state index contributed by atoms with van der Waals surface area (Å²) in [6, 6.07) is 27.1. The van der Waals surface area contributed by atoms with Gasteiger partial charge in [-0.2, -0.15) is 5.10 Å². The van der Waals surface area contributed by atoms with Crippen molar-refractivity contribution in [3.05, 3.63) is 101 Å². The molecule has 0 unspecified atom stereocenters. The van der Waals surface area contributed by atoms with Gasteiger partial charge >= 0.3 is 0 Å². The molecule has 0 atom stereocenters. The minimum absolute atomic E-state index is 0.177. The smallest absolute Gasteiger partial charge is 0.250 e. The predicted molar refractivity (Wildman–Crippen MR) is 139 cm³/mol. The highest BCUT2D eigenvalue weighted by atomic mass is 35.5. The lowest BCUT2D eigenvalue weighted by Gasteiger charge is -2.11. The van der Waals surface area contributed by atoms with Crippen molar-refractivity contribution in [1.29, 1.82) is 0 Å². The first kappa shape index (κ1) is 23.7. The maximum atomic E-state index is 12.3. The van der Waals surface area contributed by atoms with Crippen molar-refractivity contribution in [2.75, 3.05) is 12.9 Å². The number of ether oxygens (including phenoxy) is 2. The van der Waals surface area contributed by atoms with Gasteiger partial charge in [-0.1, -0.05) is 60.1 Å². The Morgan fingerprint density at radius 2 is 1.79 bits per heavy atom. The molecule has 0 aliphatic rings. The summed E-state index contributed by atoms with van der Waals surface area (Å²) in [7, 11) is 1.58. The zero-order valence-corrected chi connectivity index (χ0v) is 20.1. The first-order valence-electron chi connectivity index (χ1n) is 10.6. The third-order valence-corrected chi connectivity index (χ3v) is 6.33. The molecule has 0 aliphatic carbocycles. The van der Waals surface area contributed by atoms with Crippen LogP contribution in [0.4, 0.5) is 0 Å². The molecule has 0 saturated heterocycles. The number of halogens is 1. The second-order valence-electron chi connectivity index (χ2n) is 7.38. The van der Waals surface area contributed by atoms with Crippen LogP contribution in [0.15, 0.2) is 94.9 Å². The lowest BCUT2D eigenvalue weighted by molar-refractivity contribution is -0.118. The van der Waals surface area contributed by atoms with Crippen LogP contribution in [0.5, 0.6) is 11.5 Å². The van der Waals surface area contributed by atoms with Crippen LogP contribution in [0.2, 0.25) is 5.02 Å². The number of amides is 1. The molecule has 0 aliphatic heterocycles. The number of nitrogens with one attached hydrogen (secondary N) is 1. The van der Waals surface area contributed by atoms with E-state index in [9.17, 15) is 4.79 Å². The van der Waals surface area contributed by atoms with E-state index < -0.39 is 0 Å². The molecule has 172 valence electrons. The van der Waals surface area contributed by atoms with Gasteiger partial charge in [0.2, 0.25) is 5.91 Å². The Hall–Kier alpha value is -3.48. The molecule has 7 heteroatoms. The van der Waals surface area contributed by atoms with Gasteiger partial charge in [0.05, 0.1) is 19.1 Å². The van der Waals surface area contributed by atoms with Crippen LogP contribution in [0.3, 0.4) is 0 Å². The number of benzene rings is 4. The van der Waals surface area contributed by atoms with Crippen molar-refractivity contribution in [1.82, 2.24) is 5.43 Å². The number of carbonyl (C=O) groups is 1. The Kier molecular flexibility index (Phi) is 8.07. The average molecular weight is 491 g/mol. The van der Waals surface area contributed by atoms with Crippen LogP contribution >= 0.6 is 23.4 Å². The summed E-state index contributed by atoms with van der Waals surface area (Å²) < 4.78 is 11.3. The van der Waals surface area contributed by atoms with Crippen LogP contribution < -0.4 is 14.9 Å². The van der Waals surface area contributed by atoms with Gasteiger partial charge in [0.25, 0.3) is 0 Å². The molecule has 4 aromatic carbocycles. The van der Waals surface area contributed by atoms with Gasteiger partial charge in [-0.15, -0.1) is 11.8 Å². The standard InChI is InChI=1S/C27H23ClN2O3S/c1-32-25-15-20(11-14-24(25)33-17-19-9-12-22(28)13-10-19)16-29-30-27(31)18-34-26-8-4-6-21-5-2-3-7-23(21)26/h2-16H,17-18H2,1H3,(H,30,31)/b29-16+. The second kappa shape index (κ2) is 11.6. The quantitative estimate of drug-likeness (QED) is 0.169. The van der Waals surface area contributed by atoms with Crippen molar-refractivity contribution < 1.29 is 14.3 Å². The summed E-state index contributed by atoms with van der Waals surface area (Å²) in [6.07, 6.45) is 1.58. The fourth-order valence-electron chi connectivity index (χ4n) is 3.30. The normalized spacial score (nSPS) is 11.0. The number of thioether (sulfide) groups is 1. The minimum Gasteiger partial charge on any atom is -0.493 e. The Bertz CT molecular complexity index is 1300. The molecule has 1 amide bonds. The maximum Gasteiger partial charge on any atom is 0.250 e. The summed E-state index contributed by atoms with van der Waals surface area (Å²) in [5, 5.41) is 7.05. The Balaban J connectivity index is 1.31. The van der Waals surface area contributed by atoms with E-state index in [-0.39, 0.29) is 11.7 Å². The molecule has 0 saturated carbocycles. The number of nitrogens with zero attached hydrogens (tertiary/aromatic N) is 1. The van der Waals surface area contributed by atoms with Gasteiger partial charge in [0.1, 0.15) is 6.61 Å². The molecular weight excluding hydrogens is 468 g/mol. The summed E-state index contributed by atoms with van der Waals surface area (Å²) >= 11 is 7.41. The lowest BCUT2D eigenvalue weighted by Crippen LogP contribution is -2.19. The first-order chi connectivity index (χ1) is 16.6. The third kappa shape index (κ3) is 6.31. The Labute approximate surface area is 207 Å². The van der Waals surface area contributed by atoms with Crippen LogP contribution in [0.1, 0.15) is 11.1 Å². The SMILES string of the molecule is COc1cc(/C=N/NC(=O)CSc2cccc3ccccc23)ccc1OCc1ccc(Cl)cc1. The summed E-state index contributed by atoms with van der Waals surface area (Å²) in [6.45, 7) is 0.394. The topological polar surface area (TPSA) is 59.9 Å². The zero-order chi connectivity index (χ0) is 23.8. The fraction of sp³-hybridized carbons (Fsp3) is 0.111. The molecule has 0 spiro atoms. The number of hydrazone groups is 1. The maximum absolute atomic E-state index is 12.3. The number of hydrogen-bond acceptors (Lipinski definition) is 5. The van der Waals surface area contributed by atoms with E-state index in [1.165, 1.54) is 11.8 Å². The molecule has 4 aromatic rings. The molecule has 0 fully saturated rings. The van der Waals surface area contributed by atoms with Crippen molar-refractivity contribution in [2.45, 2.75) is 11.5 Å². The van der Waals surface area contributed by atoms with Crippen LogP contribution in [-0.2, 0) is 11.4 Å². The monoisotopic (exact) mass is 490 g/mol. The number of hydrogen-bond donors (Lipinski definition) is 1. The molecule has 0 heterocycles. The highest BCUT2D eigenvalue weighted by Gasteiger charge is 2.07. The van der Waals surface area contributed by atoms with Gasteiger partial charge in [0.15, 0.2) is 11.5 Å². The number of fused-ring (bicyclic) bond motifs is 1. The van der Waals surface area contributed by atoms with E-state index in [1.54, 1.807) is 19.4 Å². The number of carbonyl (C=O) groups excluding carboxylic acids is 1. The minimum atomic E-state index is -0.177. The highest BCUT2D eigenvalue weighted by molar-refractivity contribution is 8.00. The van der Waals surface area contributed by atoms with E-state index in [0.717, 1.165) is 26.8 Å². The van der Waals surface area contributed by atoms with E-state index in [0.29, 0.717) is 23.1 Å². The Morgan fingerprint density at radius 1 is 1.00 bits per heavy atom. The van der Waals surface area contributed by atoms with Gasteiger partial charge in [-0.05, 0) is 58.3 Å². The second-order valence-corrected chi connectivity index (χ2v) is 8.84. The van der Waals surface area contributed by atoms with Gasteiger partial charge < -0.3 is 9.47 Å². The van der Waals surface area contributed by atoms with E-state index in [2.05, 4.69) is 28.7 Å². The fourth-order valence-corrected chi connectivity index (χ4v) is 4.29. The van der Waals surface area contributed by atoms with Crippen LogP contribution in [-0.4, -0.2) is 25.0 Å². The van der Waals surface area contributed by atoms with Crippen molar-refractivity contribution >= 4 is 46.3 Å². The largest absolute Gasteiger partial charge is 0.493 e. The van der Waals surface area contributed by atoms with Crippen molar-refractivity contribution in [2.24, 2.45) is 5.10 Å². The van der Waals surface area contributed by atoms with Crippen molar-refractivity contribution in [3.8, 4) is 11.5 Å². The molecule has 5 nitrogen and oxygen atoms in total. The van der Waals surface area contributed by atoms with Crippen molar-refractivity contribution in [3.63, 3.8) is 0 Å². The van der Waals surface area contributed by atoms with Crippen LogP contribution in [0, 0.1) is 0 Å². The van der Waals surface area contributed by atoms with Crippen LogP contribution in [0.25, 0.3) is 10.8 Å². The highest BCUT2D eigenvalue weighted by Crippen LogP contribution is 2.29.